The van der Waals surface area contributed by atoms with Gasteiger partial charge < -0.3 is 15.8 Å². The van der Waals surface area contributed by atoms with E-state index in [9.17, 15) is 0 Å². The number of fused-ring (bicyclic) bond motifs is 2. The zero-order valence-corrected chi connectivity index (χ0v) is 12.8. The molecule has 3 heterocycles. The summed E-state index contributed by atoms with van der Waals surface area (Å²) in [4.78, 5) is 8.62. The molecule has 8 nitrogen and oxygen atoms in total. The van der Waals surface area contributed by atoms with Crippen molar-refractivity contribution in [3.63, 3.8) is 0 Å². The number of anilines is 2. The molecular weight excluding hydrogens is 306 g/mol. The van der Waals surface area contributed by atoms with E-state index in [1.807, 2.05) is 30.3 Å². The predicted molar refractivity (Wildman–Crippen MR) is 90.9 cm³/mol. The second-order valence-corrected chi connectivity index (χ2v) is 5.17. The van der Waals surface area contributed by atoms with E-state index in [0.29, 0.717) is 30.6 Å². The van der Waals surface area contributed by atoms with Crippen LogP contribution in [0.5, 0.6) is 5.75 Å². The minimum Gasteiger partial charge on any atom is -0.489 e. The largest absolute Gasteiger partial charge is 0.489 e. The summed E-state index contributed by atoms with van der Waals surface area (Å²) >= 11 is 0. The molecule has 3 aromatic heterocycles. The molecule has 0 unspecified atom stereocenters. The van der Waals surface area contributed by atoms with Crippen molar-refractivity contribution in [1.82, 2.24) is 24.6 Å². The molecule has 0 radical (unpaired) electrons. The number of hydrogen-bond acceptors (Lipinski definition) is 7. The Bertz CT molecular complexity index is 993. The molecule has 8 heteroatoms. The number of pyridine rings is 1. The van der Waals surface area contributed by atoms with Crippen molar-refractivity contribution in [2.75, 3.05) is 24.2 Å². The fourth-order valence-corrected chi connectivity index (χ4v) is 2.47. The molecule has 4 rings (SSSR count). The molecule has 0 saturated heterocycles. The number of para-hydroxylation sites is 1. The van der Waals surface area contributed by atoms with Gasteiger partial charge in [0.25, 0.3) is 0 Å². The van der Waals surface area contributed by atoms with E-state index >= 15 is 0 Å². The van der Waals surface area contributed by atoms with Crippen LogP contribution in [-0.2, 0) is 0 Å². The Balaban J connectivity index is 1.41. The van der Waals surface area contributed by atoms with Gasteiger partial charge in [-0.15, -0.1) is 10.2 Å². The number of hydrogen-bond donors (Lipinski definition) is 2. The van der Waals surface area contributed by atoms with Crippen molar-refractivity contribution in [1.29, 1.82) is 0 Å². The van der Waals surface area contributed by atoms with Crippen LogP contribution in [0.4, 0.5) is 11.8 Å². The van der Waals surface area contributed by atoms with Crippen LogP contribution < -0.4 is 15.8 Å². The normalized spacial score (nSPS) is 11.0. The van der Waals surface area contributed by atoms with Crippen molar-refractivity contribution < 1.29 is 4.74 Å². The third-order valence-electron chi connectivity index (χ3n) is 3.58. The summed E-state index contributed by atoms with van der Waals surface area (Å²) in [6.07, 6.45) is 3.28. The van der Waals surface area contributed by atoms with Gasteiger partial charge in [-0.2, -0.15) is 4.98 Å². The fraction of sp³-hybridized carbons (Fsp3) is 0.125. The fourth-order valence-electron chi connectivity index (χ4n) is 2.47. The minimum absolute atomic E-state index is 0.333. The summed E-state index contributed by atoms with van der Waals surface area (Å²) in [5, 5.41) is 12.0. The molecular formula is C16H15N7O. The number of ether oxygens (including phenoxy) is 1. The molecule has 0 aliphatic heterocycles. The van der Waals surface area contributed by atoms with E-state index in [4.69, 9.17) is 10.5 Å². The molecule has 1 aromatic carbocycles. The van der Waals surface area contributed by atoms with Gasteiger partial charge in [0.2, 0.25) is 5.95 Å². The summed E-state index contributed by atoms with van der Waals surface area (Å²) in [5.41, 5.74) is 7.35. The number of nitrogen functional groups attached to an aromatic ring is 1. The zero-order valence-electron chi connectivity index (χ0n) is 12.8. The van der Waals surface area contributed by atoms with Gasteiger partial charge in [-0.1, -0.05) is 18.2 Å². The van der Waals surface area contributed by atoms with Gasteiger partial charge in [-0.05, 0) is 12.1 Å². The molecule has 24 heavy (non-hydrogen) atoms. The molecule has 0 fully saturated rings. The lowest BCUT2D eigenvalue weighted by Crippen LogP contribution is -2.13. The van der Waals surface area contributed by atoms with E-state index in [1.54, 1.807) is 16.7 Å². The molecule has 120 valence electrons. The van der Waals surface area contributed by atoms with E-state index < -0.39 is 0 Å². The molecule has 4 aromatic rings. The summed E-state index contributed by atoms with van der Waals surface area (Å²) in [7, 11) is 0. The highest BCUT2D eigenvalue weighted by molar-refractivity contribution is 5.84. The summed E-state index contributed by atoms with van der Waals surface area (Å²) < 4.78 is 7.44. The van der Waals surface area contributed by atoms with E-state index in [2.05, 4.69) is 25.5 Å². The van der Waals surface area contributed by atoms with Crippen LogP contribution in [0.15, 0.2) is 48.9 Å². The maximum atomic E-state index is 5.85. The van der Waals surface area contributed by atoms with Gasteiger partial charge in [0.15, 0.2) is 5.65 Å². The topological polar surface area (TPSA) is 103 Å². The Hall–Kier alpha value is -3.42. The Labute approximate surface area is 137 Å². The minimum atomic E-state index is 0.333. The van der Waals surface area contributed by atoms with Crippen LogP contribution in [0.25, 0.3) is 16.6 Å². The molecule has 0 atom stereocenters. The van der Waals surface area contributed by atoms with Crippen LogP contribution in [0.2, 0.25) is 0 Å². The van der Waals surface area contributed by atoms with Gasteiger partial charge in [0.05, 0.1) is 6.54 Å². The summed E-state index contributed by atoms with van der Waals surface area (Å²) in [6, 6.07) is 11.6. The van der Waals surface area contributed by atoms with Gasteiger partial charge in [-0.3, -0.25) is 9.38 Å². The maximum Gasteiger partial charge on any atom is 0.209 e. The van der Waals surface area contributed by atoms with Crippen LogP contribution in [-0.4, -0.2) is 37.7 Å². The first-order chi connectivity index (χ1) is 11.8. The lowest BCUT2D eigenvalue weighted by Gasteiger charge is -2.10. The second kappa shape index (κ2) is 5.99. The Morgan fingerprint density at radius 1 is 1.21 bits per heavy atom. The first kappa shape index (κ1) is 14.2. The van der Waals surface area contributed by atoms with E-state index in [1.165, 1.54) is 6.33 Å². The molecule has 0 amide bonds. The van der Waals surface area contributed by atoms with Crippen molar-refractivity contribution in [2.24, 2.45) is 0 Å². The summed E-state index contributed by atoms with van der Waals surface area (Å²) in [6.45, 7) is 1.04. The van der Waals surface area contributed by atoms with E-state index in [-0.39, 0.29) is 0 Å². The third-order valence-corrected chi connectivity index (χ3v) is 3.58. The highest BCUT2D eigenvalue weighted by Crippen LogP contribution is 2.22. The number of nitrogens with zero attached hydrogens (tertiary/aromatic N) is 5. The van der Waals surface area contributed by atoms with Crippen LogP contribution in [0.1, 0.15) is 0 Å². The van der Waals surface area contributed by atoms with E-state index in [0.717, 1.165) is 16.7 Å². The van der Waals surface area contributed by atoms with Gasteiger partial charge in [0.1, 0.15) is 30.0 Å². The van der Waals surface area contributed by atoms with Gasteiger partial charge in [-0.25, -0.2) is 0 Å². The summed E-state index contributed by atoms with van der Waals surface area (Å²) in [5.74, 6) is 1.72. The molecule has 0 aliphatic rings. The molecule has 0 saturated carbocycles. The lowest BCUT2D eigenvalue weighted by molar-refractivity contribution is 0.336. The average molecular weight is 321 g/mol. The number of benzene rings is 1. The highest BCUT2D eigenvalue weighted by Gasteiger charge is 2.05. The monoisotopic (exact) mass is 321 g/mol. The van der Waals surface area contributed by atoms with Crippen LogP contribution >= 0.6 is 0 Å². The van der Waals surface area contributed by atoms with Crippen molar-refractivity contribution in [3.8, 4) is 5.75 Å². The first-order valence-electron chi connectivity index (χ1n) is 7.48. The zero-order chi connectivity index (χ0) is 16.4. The molecule has 0 aliphatic carbocycles. The predicted octanol–water partition coefficient (Wildman–Crippen LogP) is 1.75. The smallest absolute Gasteiger partial charge is 0.209 e. The average Bonchev–Trinajstić information content (AvgIpc) is 3.08. The van der Waals surface area contributed by atoms with Crippen molar-refractivity contribution in [2.45, 2.75) is 0 Å². The number of aromatic nitrogens is 5. The molecule has 0 bridgehead atoms. The second-order valence-electron chi connectivity index (χ2n) is 5.17. The quantitative estimate of drug-likeness (QED) is 0.540. The standard InChI is InChI=1S/C16H15N7O/c17-16-21-13(9-14-22-20-10-23(14)16)18-7-8-24-12-5-1-3-11-4-2-6-19-15(11)12/h1-6,9-10,18H,7-8H2,(H2,17,21). The van der Waals surface area contributed by atoms with Gasteiger partial charge >= 0.3 is 0 Å². The van der Waals surface area contributed by atoms with Crippen molar-refractivity contribution in [3.05, 3.63) is 48.9 Å². The Kier molecular flexibility index (Phi) is 3.54. The lowest BCUT2D eigenvalue weighted by atomic mass is 10.2. The molecule has 3 N–H and O–H groups in total. The highest BCUT2D eigenvalue weighted by atomic mass is 16.5. The Morgan fingerprint density at radius 2 is 2.12 bits per heavy atom. The van der Waals surface area contributed by atoms with Crippen LogP contribution in [0.3, 0.4) is 0 Å². The Morgan fingerprint density at radius 3 is 3.08 bits per heavy atom. The SMILES string of the molecule is Nc1nc(NCCOc2cccc3cccnc23)cc2nncn12. The van der Waals surface area contributed by atoms with Gasteiger partial charge in [0, 0.05) is 17.6 Å². The number of rotatable bonds is 5. The third kappa shape index (κ3) is 2.65. The molecule has 0 spiro atoms. The van der Waals surface area contributed by atoms with Crippen molar-refractivity contribution >= 4 is 28.3 Å². The number of nitrogens with two attached hydrogens (primary N) is 1. The first-order valence-corrected chi connectivity index (χ1v) is 7.48. The number of nitrogens with one attached hydrogen (secondary N) is 1. The maximum absolute atomic E-state index is 5.85. The van der Waals surface area contributed by atoms with Crippen LogP contribution in [0, 0.1) is 0 Å².